The van der Waals surface area contributed by atoms with E-state index >= 15 is 0 Å². The molecule has 1 heterocycles. The van der Waals surface area contributed by atoms with E-state index in [1.54, 1.807) is 25.1 Å². The molecule has 1 aromatic heterocycles. The lowest BCUT2D eigenvalue weighted by molar-refractivity contribution is 0.0526. The summed E-state index contributed by atoms with van der Waals surface area (Å²) in [6.45, 7) is 2.11. The zero-order valence-electron chi connectivity index (χ0n) is 8.61. The summed E-state index contributed by atoms with van der Waals surface area (Å²) >= 11 is 5.71. The van der Waals surface area contributed by atoms with Crippen molar-refractivity contribution in [3.05, 3.63) is 35.1 Å². The third kappa shape index (κ3) is 2.12. The van der Waals surface area contributed by atoms with E-state index < -0.39 is 0 Å². The summed E-state index contributed by atoms with van der Waals surface area (Å²) in [5, 5.41) is 0.330. The molecular weight excluding hydrogens is 228 g/mol. The second kappa shape index (κ2) is 4.45. The van der Waals surface area contributed by atoms with Crippen LogP contribution in [-0.2, 0) is 4.74 Å². The van der Waals surface area contributed by atoms with Gasteiger partial charge in [-0.05, 0) is 25.1 Å². The van der Waals surface area contributed by atoms with Gasteiger partial charge in [-0.1, -0.05) is 11.6 Å². The van der Waals surface area contributed by atoms with Crippen LogP contribution in [0.15, 0.2) is 24.4 Å². The van der Waals surface area contributed by atoms with Gasteiger partial charge in [0.2, 0.25) is 0 Å². The monoisotopic (exact) mass is 236 g/mol. The number of fused-ring (bicyclic) bond motifs is 1. The highest BCUT2D eigenvalue weighted by molar-refractivity contribution is 6.29. The molecule has 0 atom stereocenters. The summed E-state index contributed by atoms with van der Waals surface area (Å²) in [5.41, 5.74) is 1.74. The highest BCUT2D eigenvalue weighted by atomic mass is 35.5. The number of hydrogen-bond donors (Lipinski definition) is 0. The number of benzene rings is 1. The van der Waals surface area contributed by atoms with Crippen molar-refractivity contribution < 1.29 is 9.53 Å². The zero-order chi connectivity index (χ0) is 11.5. The van der Waals surface area contributed by atoms with Gasteiger partial charge in [-0.25, -0.2) is 9.78 Å². The zero-order valence-corrected chi connectivity index (χ0v) is 9.36. The lowest BCUT2D eigenvalue weighted by Gasteiger charge is -2.02. The van der Waals surface area contributed by atoms with E-state index in [2.05, 4.69) is 9.97 Å². The van der Waals surface area contributed by atoms with Crippen LogP contribution in [0.25, 0.3) is 11.0 Å². The first-order valence-corrected chi connectivity index (χ1v) is 5.18. The fraction of sp³-hybridized carbons (Fsp3) is 0.182. The molecule has 16 heavy (non-hydrogen) atoms. The van der Waals surface area contributed by atoms with Gasteiger partial charge in [0.1, 0.15) is 5.15 Å². The Labute approximate surface area is 97.2 Å². The number of nitrogens with zero attached hydrogens (tertiary/aromatic N) is 2. The first-order valence-electron chi connectivity index (χ1n) is 4.80. The average Bonchev–Trinajstić information content (AvgIpc) is 2.28. The van der Waals surface area contributed by atoms with Crippen LogP contribution in [0.1, 0.15) is 17.3 Å². The van der Waals surface area contributed by atoms with Crippen molar-refractivity contribution in [1.82, 2.24) is 9.97 Å². The Kier molecular flexibility index (Phi) is 3.01. The molecule has 0 spiro atoms. The summed E-state index contributed by atoms with van der Waals surface area (Å²) in [6.07, 6.45) is 1.44. The molecule has 1 aromatic carbocycles. The fourth-order valence-electron chi connectivity index (χ4n) is 1.33. The minimum absolute atomic E-state index is 0.330. The van der Waals surface area contributed by atoms with Crippen LogP contribution >= 0.6 is 11.6 Å². The normalized spacial score (nSPS) is 10.4. The van der Waals surface area contributed by atoms with Gasteiger partial charge in [0, 0.05) is 0 Å². The molecule has 0 aliphatic heterocycles. The summed E-state index contributed by atoms with van der Waals surface area (Å²) in [7, 11) is 0. The molecule has 0 saturated carbocycles. The van der Waals surface area contributed by atoms with Crippen molar-refractivity contribution in [3.8, 4) is 0 Å². The molecular formula is C11H9ClN2O2. The Balaban J connectivity index is 2.44. The minimum atomic E-state index is -0.360. The van der Waals surface area contributed by atoms with Gasteiger partial charge in [0.15, 0.2) is 0 Å². The first-order chi connectivity index (χ1) is 7.70. The van der Waals surface area contributed by atoms with Crippen molar-refractivity contribution >= 4 is 28.6 Å². The van der Waals surface area contributed by atoms with E-state index in [1.165, 1.54) is 6.20 Å². The van der Waals surface area contributed by atoms with Crippen molar-refractivity contribution in [3.63, 3.8) is 0 Å². The molecule has 0 unspecified atom stereocenters. The van der Waals surface area contributed by atoms with Crippen LogP contribution in [0, 0.1) is 0 Å². The number of aromatic nitrogens is 2. The molecule has 2 rings (SSSR count). The maximum Gasteiger partial charge on any atom is 0.338 e. The van der Waals surface area contributed by atoms with Crippen molar-refractivity contribution in [2.75, 3.05) is 6.61 Å². The van der Waals surface area contributed by atoms with Gasteiger partial charge in [-0.15, -0.1) is 0 Å². The summed E-state index contributed by atoms with van der Waals surface area (Å²) < 4.78 is 4.89. The number of hydrogen-bond acceptors (Lipinski definition) is 4. The van der Waals surface area contributed by atoms with Crippen LogP contribution in [0.2, 0.25) is 5.15 Å². The Morgan fingerprint density at radius 2 is 2.25 bits per heavy atom. The van der Waals surface area contributed by atoms with Crippen LogP contribution in [0.4, 0.5) is 0 Å². The predicted molar refractivity (Wildman–Crippen MR) is 60.5 cm³/mol. The van der Waals surface area contributed by atoms with Crippen LogP contribution in [-0.4, -0.2) is 22.5 Å². The SMILES string of the molecule is CCOC(=O)c1ccc2nc(Cl)cnc2c1. The first kappa shape index (κ1) is 10.8. The van der Waals surface area contributed by atoms with Crippen molar-refractivity contribution in [2.45, 2.75) is 6.92 Å². The molecule has 2 aromatic rings. The summed E-state index contributed by atoms with van der Waals surface area (Å²) in [4.78, 5) is 19.6. The van der Waals surface area contributed by atoms with Crippen LogP contribution in [0.5, 0.6) is 0 Å². The standard InChI is InChI=1S/C11H9ClN2O2/c1-2-16-11(15)7-3-4-8-9(5-7)13-6-10(12)14-8/h3-6H,2H2,1H3. The Morgan fingerprint density at radius 1 is 1.44 bits per heavy atom. The van der Waals surface area contributed by atoms with Crippen molar-refractivity contribution in [1.29, 1.82) is 0 Å². The van der Waals surface area contributed by atoms with E-state index in [1.807, 2.05) is 0 Å². The molecule has 4 nitrogen and oxygen atoms in total. The van der Waals surface area contributed by atoms with Gasteiger partial charge in [0.05, 0.1) is 29.4 Å². The second-order valence-corrected chi connectivity index (χ2v) is 3.50. The van der Waals surface area contributed by atoms with E-state index in [4.69, 9.17) is 16.3 Å². The molecule has 0 bridgehead atoms. The number of rotatable bonds is 2. The van der Waals surface area contributed by atoms with Gasteiger partial charge in [-0.3, -0.25) is 4.98 Å². The molecule has 0 saturated heterocycles. The third-order valence-electron chi connectivity index (χ3n) is 2.02. The van der Waals surface area contributed by atoms with Gasteiger partial charge in [-0.2, -0.15) is 0 Å². The molecule has 0 aliphatic rings. The highest BCUT2D eigenvalue weighted by Crippen LogP contribution is 2.14. The van der Waals surface area contributed by atoms with Crippen LogP contribution < -0.4 is 0 Å². The number of esters is 1. The van der Waals surface area contributed by atoms with Crippen LogP contribution in [0.3, 0.4) is 0 Å². The second-order valence-electron chi connectivity index (χ2n) is 3.12. The Hall–Kier alpha value is -1.68. The van der Waals surface area contributed by atoms with E-state index in [9.17, 15) is 4.79 Å². The predicted octanol–water partition coefficient (Wildman–Crippen LogP) is 2.46. The number of carbonyl (C=O) groups excluding carboxylic acids is 1. The molecule has 0 aliphatic carbocycles. The van der Waals surface area contributed by atoms with Crippen molar-refractivity contribution in [2.24, 2.45) is 0 Å². The summed E-state index contributed by atoms with van der Waals surface area (Å²) in [6, 6.07) is 4.97. The maximum atomic E-state index is 11.5. The topological polar surface area (TPSA) is 52.1 Å². The van der Waals surface area contributed by atoms with Gasteiger partial charge >= 0.3 is 5.97 Å². The fourth-order valence-corrected chi connectivity index (χ4v) is 1.47. The lowest BCUT2D eigenvalue weighted by atomic mass is 10.2. The largest absolute Gasteiger partial charge is 0.462 e. The molecule has 82 valence electrons. The average molecular weight is 237 g/mol. The number of halogens is 1. The van der Waals surface area contributed by atoms with E-state index in [-0.39, 0.29) is 5.97 Å². The van der Waals surface area contributed by atoms with Gasteiger partial charge in [0.25, 0.3) is 0 Å². The molecule has 0 fully saturated rings. The van der Waals surface area contributed by atoms with Gasteiger partial charge < -0.3 is 4.74 Å². The molecule has 5 heteroatoms. The lowest BCUT2D eigenvalue weighted by Crippen LogP contribution is -2.04. The van der Waals surface area contributed by atoms with E-state index in [0.717, 1.165) is 0 Å². The number of carbonyl (C=O) groups is 1. The smallest absolute Gasteiger partial charge is 0.338 e. The Morgan fingerprint density at radius 3 is 3.00 bits per heavy atom. The highest BCUT2D eigenvalue weighted by Gasteiger charge is 2.08. The quantitative estimate of drug-likeness (QED) is 0.752. The third-order valence-corrected chi connectivity index (χ3v) is 2.21. The van der Waals surface area contributed by atoms with E-state index in [0.29, 0.717) is 28.4 Å². The summed E-state index contributed by atoms with van der Waals surface area (Å²) in [5.74, 6) is -0.360. The molecule has 0 N–H and O–H groups in total. The molecule has 0 radical (unpaired) electrons. The number of ether oxygens (including phenoxy) is 1. The Bertz CT molecular complexity index is 542. The minimum Gasteiger partial charge on any atom is -0.462 e. The molecule has 0 amide bonds. The maximum absolute atomic E-state index is 11.5.